The smallest absolute Gasteiger partial charge is 0.407 e. The molecule has 0 aliphatic carbocycles. The molecule has 2 aromatic carbocycles. The van der Waals surface area contributed by atoms with Crippen LogP contribution in [0.3, 0.4) is 0 Å². The van der Waals surface area contributed by atoms with Crippen LogP contribution in [-0.2, 0) is 17.8 Å². The van der Waals surface area contributed by atoms with E-state index >= 15 is 0 Å². The minimum absolute atomic E-state index is 0.203. The Morgan fingerprint density at radius 3 is 2.08 bits per heavy atom. The average Bonchev–Trinajstić information content (AvgIpc) is 2.64. The second-order valence-corrected chi connectivity index (χ2v) is 6.27. The van der Waals surface area contributed by atoms with Gasteiger partial charge < -0.3 is 16.2 Å². The van der Waals surface area contributed by atoms with Crippen molar-refractivity contribution in [1.82, 2.24) is 10.2 Å². The molecular formula is C20H25N3O3. The minimum Gasteiger partial charge on any atom is -0.465 e. The molecule has 6 nitrogen and oxygen atoms in total. The minimum atomic E-state index is -1.02. The van der Waals surface area contributed by atoms with E-state index in [0.29, 0.717) is 6.42 Å². The maximum atomic E-state index is 11.9. The lowest BCUT2D eigenvalue weighted by atomic mass is 10.0. The van der Waals surface area contributed by atoms with Gasteiger partial charge in [0.2, 0.25) is 5.91 Å². The first-order chi connectivity index (χ1) is 12.5. The van der Waals surface area contributed by atoms with E-state index in [-0.39, 0.29) is 19.0 Å². The van der Waals surface area contributed by atoms with Gasteiger partial charge in [-0.3, -0.25) is 9.69 Å². The van der Waals surface area contributed by atoms with Gasteiger partial charge in [-0.25, -0.2) is 4.79 Å². The Bertz CT molecular complexity index is 705. The third-order valence-corrected chi connectivity index (χ3v) is 4.12. The van der Waals surface area contributed by atoms with Crippen LogP contribution in [0.25, 0.3) is 0 Å². The monoisotopic (exact) mass is 355 g/mol. The molecule has 0 aliphatic rings. The van der Waals surface area contributed by atoms with Gasteiger partial charge in [-0.1, -0.05) is 60.7 Å². The highest BCUT2D eigenvalue weighted by Gasteiger charge is 2.25. The summed E-state index contributed by atoms with van der Waals surface area (Å²) in [7, 11) is 0. The summed E-state index contributed by atoms with van der Waals surface area (Å²) < 4.78 is 0. The van der Waals surface area contributed by atoms with Crippen molar-refractivity contribution >= 4 is 12.0 Å². The van der Waals surface area contributed by atoms with E-state index in [2.05, 4.69) is 5.32 Å². The largest absolute Gasteiger partial charge is 0.465 e. The zero-order chi connectivity index (χ0) is 18.9. The number of nitrogens with zero attached hydrogens (tertiary/aromatic N) is 1. The summed E-state index contributed by atoms with van der Waals surface area (Å²) in [6.45, 7) is 2.05. The van der Waals surface area contributed by atoms with Crippen LogP contribution in [0.2, 0.25) is 0 Å². The summed E-state index contributed by atoms with van der Waals surface area (Å²) in [5, 5.41) is 12.5. The standard InChI is InChI=1S/C20H25N3O3/c1-15(21)19(24)22-13-18(12-16-8-4-2-5-9-16)23(20(25)26)14-17-10-6-3-7-11-17/h2-11,15,18H,12-14,21H2,1H3,(H,22,24)(H,25,26)/t15-,18+/m1/s1. The van der Waals surface area contributed by atoms with E-state index in [4.69, 9.17) is 5.73 Å². The number of nitrogens with one attached hydrogen (secondary N) is 1. The van der Waals surface area contributed by atoms with Crippen molar-refractivity contribution in [3.8, 4) is 0 Å². The topological polar surface area (TPSA) is 95.7 Å². The Hall–Kier alpha value is -2.86. The molecule has 0 aromatic heterocycles. The molecule has 2 rings (SSSR count). The molecule has 0 heterocycles. The molecule has 26 heavy (non-hydrogen) atoms. The van der Waals surface area contributed by atoms with Crippen molar-refractivity contribution in [3.63, 3.8) is 0 Å². The highest BCUT2D eigenvalue weighted by atomic mass is 16.4. The van der Waals surface area contributed by atoms with Crippen LogP contribution in [0, 0.1) is 0 Å². The summed E-state index contributed by atoms with van der Waals surface area (Å²) in [5.41, 5.74) is 7.49. The lowest BCUT2D eigenvalue weighted by Gasteiger charge is -2.30. The first-order valence-electron chi connectivity index (χ1n) is 8.58. The fourth-order valence-electron chi connectivity index (χ4n) is 2.69. The summed E-state index contributed by atoms with van der Waals surface area (Å²) in [6.07, 6.45) is -0.524. The quantitative estimate of drug-likeness (QED) is 0.677. The molecule has 0 radical (unpaired) electrons. The van der Waals surface area contributed by atoms with Gasteiger partial charge in [0, 0.05) is 13.1 Å². The Morgan fingerprint density at radius 1 is 1.04 bits per heavy atom. The number of benzene rings is 2. The molecule has 0 aliphatic heterocycles. The lowest BCUT2D eigenvalue weighted by molar-refractivity contribution is -0.122. The molecule has 0 fully saturated rings. The molecule has 4 N–H and O–H groups in total. The maximum Gasteiger partial charge on any atom is 0.407 e. The molecular weight excluding hydrogens is 330 g/mol. The number of rotatable bonds is 8. The van der Waals surface area contributed by atoms with Crippen molar-refractivity contribution < 1.29 is 14.7 Å². The van der Waals surface area contributed by atoms with Crippen LogP contribution in [0.1, 0.15) is 18.1 Å². The first-order valence-corrected chi connectivity index (χ1v) is 8.58. The second kappa shape index (κ2) is 9.58. The molecule has 0 saturated heterocycles. The van der Waals surface area contributed by atoms with E-state index in [1.165, 1.54) is 4.90 Å². The van der Waals surface area contributed by atoms with Crippen molar-refractivity contribution in [2.75, 3.05) is 6.54 Å². The maximum absolute atomic E-state index is 11.9. The molecule has 0 bridgehead atoms. The Labute approximate surface area is 153 Å². The normalized spacial score (nSPS) is 12.8. The molecule has 0 unspecified atom stereocenters. The summed E-state index contributed by atoms with van der Waals surface area (Å²) >= 11 is 0. The number of carbonyl (C=O) groups excluding carboxylic acids is 1. The molecule has 0 spiro atoms. The van der Waals surface area contributed by atoms with E-state index < -0.39 is 18.2 Å². The molecule has 2 amide bonds. The molecule has 6 heteroatoms. The van der Waals surface area contributed by atoms with Gasteiger partial charge in [-0.2, -0.15) is 0 Å². The van der Waals surface area contributed by atoms with Crippen molar-refractivity contribution in [3.05, 3.63) is 71.8 Å². The Kier molecular flexibility index (Phi) is 7.17. The fourth-order valence-corrected chi connectivity index (χ4v) is 2.69. The number of carbonyl (C=O) groups is 2. The van der Waals surface area contributed by atoms with Gasteiger partial charge in [0.25, 0.3) is 0 Å². The summed E-state index contributed by atoms with van der Waals surface area (Å²) in [4.78, 5) is 25.1. The van der Waals surface area contributed by atoms with Gasteiger partial charge in [-0.15, -0.1) is 0 Å². The van der Waals surface area contributed by atoms with Crippen molar-refractivity contribution in [2.24, 2.45) is 5.73 Å². The van der Waals surface area contributed by atoms with Crippen LogP contribution in [0.15, 0.2) is 60.7 Å². The van der Waals surface area contributed by atoms with Crippen molar-refractivity contribution in [1.29, 1.82) is 0 Å². The van der Waals surface area contributed by atoms with Gasteiger partial charge in [0.1, 0.15) is 0 Å². The predicted molar refractivity (Wildman–Crippen MR) is 101 cm³/mol. The zero-order valence-corrected chi connectivity index (χ0v) is 14.8. The molecule has 0 saturated carbocycles. The molecule has 138 valence electrons. The Morgan fingerprint density at radius 2 is 1.58 bits per heavy atom. The van der Waals surface area contributed by atoms with E-state index in [9.17, 15) is 14.7 Å². The number of hydrogen-bond donors (Lipinski definition) is 3. The van der Waals surface area contributed by atoms with Crippen LogP contribution >= 0.6 is 0 Å². The predicted octanol–water partition coefficient (Wildman–Crippen LogP) is 2.24. The fraction of sp³-hybridized carbons (Fsp3) is 0.300. The molecule has 2 atom stereocenters. The third kappa shape index (κ3) is 5.89. The number of carboxylic acid groups (broad SMARTS) is 1. The van der Waals surface area contributed by atoms with Crippen LogP contribution in [0.4, 0.5) is 4.79 Å². The Balaban J connectivity index is 2.19. The third-order valence-electron chi connectivity index (χ3n) is 4.12. The van der Waals surface area contributed by atoms with Gasteiger partial charge in [-0.05, 0) is 24.5 Å². The zero-order valence-electron chi connectivity index (χ0n) is 14.8. The van der Waals surface area contributed by atoms with Gasteiger partial charge in [0.15, 0.2) is 0 Å². The highest BCUT2D eigenvalue weighted by Crippen LogP contribution is 2.13. The first kappa shape index (κ1) is 19.5. The highest BCUT2D eigenvalue weighted by molar-refractivity contribution is 5.81. The molecule has 2 aromatic rings. The van der Waals surface area contributed by atoms with E-state index in [1.807, 2.05) is 60.7 Å². The number of nitrogens with two attached hydrogens (primary N) is 1. The average molecular weight is 355 g/mol. The van der Waals surface area contributed by atoms with E-state index in [1.54, 1.807) is 6.92 Å². The van der Waals surface area contributed by atoms with Crippen molar-refractivity contribution in [2.45, 2.75) is 32.0 Å². The van der Waals surface area contributed by atoms with Gasteiger partial charge >= 0.3 is 6.09 Å². The number of amides is 2. The van der Waals surface area contributed by atoms with Crippen LogP contribution in [0.5, 0.6) is 0 Å². The lowest BCUT2D eigenvalue weighted by Crippen LogP contribution is -2.49. The summed E-state index contributed by atoms with van der Waals surface area (Å²) in [6, 6.07) is 18.0. The second-order valence-electron chi connectivity index (χ2n) is 6.27. The van der Waals surface area contributed by atoms with Gasteiger partial charge in [0.05, 0.1) is 12.1 Å². The van der Waals surface area contributed by atoms with E-state index in [0.717, 1.165) is 11.1 Å². The van der Waals surface area contributed by atoms with Crippen LogP contribution in [-0.4, -0.2) is 40.6 Å². The SMILES string of the molecule is C[C@@H](N)C(=O)NC[C@H](Cc1ccccc1)N(Cc1ccccc1)C(=O)O. The number of hydrogen-bond acceptors (Lipinski definition) is 3. The summed E-state index contributed by atoms with van der Waals surface area (Å²) in [5.74, 6) is -0.298. The van der Waals surface area contributed by atoms with Crippen LogP contribution < -0.4 is 11.1 Å².